The van der Waals surface area contributed by atoms with Gasteiger partial charge in [0, 0.05) is 30.6 Å². The first-order chi connectivity index (χ1) is 17.0. The summed E-state index contributed by atoms with van der Waals surface area (Å²) in [7, 11) is 1.66. The monoisotopic (exact) mass is 497 g/mol. The quantitative estimate of drug-likeness (QED) is 0.391. The molecule has 0 spiro atoms. The zero-order valence-corrected chi connectivity index (χ0v) is 21.5. The molecule has 2 fully saturated rings. The third-order valence-corrected chi connectivity index (χ3v) is 8.21. The number of fused-ring (bicyclic) bond motifs is 2. The Balaban J connectivity index is 1.57. The van der Waals surface area contributed by atoms with Gasteiger partial charge in [0.05, 0.1) is 11.3 Å². The lowest BCUT2D eigenvalue weighted by Crippen LogP contribution is -2.56. The fraction of sp³-hybridized carbons (Fsp3) is 0.536. The molecular weight excluding hydrogens is 461 g/mol. The molecule has 0 aliphatic heterocycles. The van der Waals surface area contributed by atoms with Gasteiger partial charge in [-0.2, -0.15) is 0 Å². The van der Waals surface area contributed by atoms with Crippen molar-refractivity contribution in [3.05, 3.63) is 52.1 Å². The molecule has 2 amide bonds. The Labute approximate surface area is 211 Å². The van der Waals surface area contributed by atoms with Crippen LogP contribution in [0.3, 0.4) is 0 Å². The second-order valence-corrected chi connectivity index (χ2v) is 10.8. The number of hydrogen-bond acceptors (Lipinski definition) is 4. The van der Waals surface area contributed by atoms with Gasteiger partial charge in [0.25, 0.3) is 17.6 Å². The fourth-order valence-electron chi connectivity index (χ4n) is 6.50. The SMILES string of the molecule is Cc1cc(NC(=O)c2c(C)c(C(=O)C(=O)NC3(CCO)CC4CCCC(C4)C3)n(C)c2C)ccc1F. The second kappa shape index (κ2) is 10.2. The molecule has 0 saturated heterocycles. The molecule has 1 aromatic heterocycles. The number of amides is 2. The van der Waals surface area contributed by atoms with Gasteiger partial charge in [-0.1, -0.05) is 19.3 Å². The number of ketones is 1. The van der Waals surface area contributed by atoms with E-state index in [1.54, 1.807) is 38.5 Å². The van der Waals surface area contributed by atoms with E-state index in [1.807, 2.05) is 0 Å². The predicted octanol–water partition coefficient (Wildman–Crippen LogP) is 4.36. The van der Waals surface area contributed by atoms with Crippen LogP contribution >= 0.6 is 0 Å². The summed E-state index contributed by atoms with van der Waals surface area (Å²) in [6.07, 6.45) is 6.57. The van der Waals surface area contributed by atoms with E-state index in [0.29, 0.717) is 46.3 Å². The first-order valence-corrected chi connectivity index (χ1v) is 12.8. The van der Waals surface area contributed by atoms with Crippen molar-refractivity contribution in [3.8, 4) is 0 Å². The Morgan fingerprint density at radius 2 is 1.81 bits per heavy atom. The number of carbonyl (C=O) groups is 3. The van der Waals surface area contributed by atoms with Crippen molar-refractivity contribution < 1.29 is 23.9 Å². The molecule has 2 saturated carbocycles. The van der Waals surface area contributed by atoms with Crippen LogP contribution in [0.25, 0.3) is 0 Å². The average molecular weight is 498 g/mol. The number of aliphatic hydroxyl groups is 1. The van der Waals surface area contributed by atoms with E-state index in [9.17, 15) is 23.9 Å². The van der Waals surface area contributed by atoms with Crippen molar-refractivity contribution in [2.75, 3.05) is 11.9 Å². The summed E-state index contributed by atoms with van der Waals surface area (Å²) in [6.45, 7) is 4.95. The highest BCUT2D eigenvalue weighted by Gasteiger charge is 2.44. The number of aryl methyl sites for hydroxylation is 1. The minimum absolute atomic E-state index is 0.0522. The molecule has 36 heavy (non-hydrogen) atoms. The molecule has 2 unspecified atom stereocenters. The molecule has 2 bridgehead atoms. The second-order valence-electron chi connectivity index (χ2n) is 10.8. The lowest BCUT2D eigenvalue weighted by Gasteiger charge is -2.47. The highest BCUT2D eigenvalue weighted by molar-refractivity contribution is 6.43. The number of benzene rings is 1. The van der Waals surface area contributed by atoms with Crippen LogP contribution in [-0.2, 0) is 11.8 Å². The molecule has 1 heterocycles. The summed E-state index contributed by atoms with van der Waals surface area (Å²) in [6, 6.07) is 4.31. The number of nitrogens with one attached hydrogen (secondary N) is 2. The van der Waals surface area contributed by atoms with Crippen molar-refractivity contribution >= 4 is 23.3 Å². The predicted molar refractivity (Wildman–Crippen MR) is 136 cm³/mol. The minimum Gasteiger partial charge on any atom is -0.396 e. The maximum absolute atomic E-state index is 13.6. The molecule has 0 radical (unpaired) electrons. The summed E-state index contributed by atoms with van der Waals surface area (Å²) in [5.41, 5.74) is 1.73. The van der Waals surface area contributed by atoms with Gasteiger partial charge in [-0.15, -0.1) is 0 Å². The molecule has 7 nitrogen and oxygen atoms in total. The summed E-state index contributed by atoms with van der Waals surface area (Å²) in [4.78, 5) is 39.8. The number of aliphatic hydroxyl groups excluding tert-OH is 1. The standard InChI is InChI=1S/C28H36FN3O4/c1-16-12-21(8-9-22(16)29)30-26(35)23-17(2)24(32(4)18(23)3)25(34)27(36)31-28(10-11-33)14-19-6-5-7-20(13-19)15-28/h8-9,12,19-20,33H,5-7,10-11,13-15H2,1-4H3,(H,30,35)(H,31,36). The van der Waals surface area contributed by atoms with Gasteiger partial charge >= 0.3 is 0 Å². The van der Waals surface area contributed by atoms with Gasteiger partial charge in [-0.3, -0.25) is 14.4 Å². The van der Waals surface area contributed by atoms with Crippen molar-refractivity contribution in [3.63, 3.8) is 0 Å². The summed E-state index contributed by atoms with van der Waals surface area (Å²) >= 11 is 0. The first kappa shape index (κ1) is 26.1. The Hall–Kier alpha value is -3.00. The van der Waals surface area contributed by atoms with E-state index >= 15 is 0 Å². The number of nitrogens with zero attached hydrogens (tertiary/aromatic N) is 1. The normalized spacial score (nSPS) is 23.3. The van der Waals surface area contributed by atoms with Gasteiger partial charge in [0.15, 0.2) is 0 Å². The third-order valence-electron chi connectivity index (χ3n) is 8.21. The van der Waals surface area contributed by atoms with E-state index in [1.165, 1.54) is 18.6 Å². The first-order valence-electron chi connectivity index (χ1n) is 12.8. The Morgan fingerprint density at radius 3 is 2.42 bits per heavy atom. The van der Waals surface area contributed by atoms with Crippen molar-refractivity contribution in [1.82, 2.24) is 9.88 Å². The van der Waals surface area contributed by atoms with Gasteiger partial charge in [-0.05, 0) is 87.6 Å². The lowest BCUT2D eigenvalue weighted by molar-refractivity contribution is -0.120. The van der Waals surface area contributed by atoms with Gasteiger partial charge < -0.3 is 20.3 Å². The zero-order chi connectivity index (χ0) is 26.2. The number of carbonyl (C=O) groups excluding carboxylic acids is 3. The van der Waals surface area contributed by atoms with E-state index < -0.39 is 23.1 Å². The minimum atomic E-state index is -0.701. The van der Waals surface area contributed by atoms with Crippen LogP contribution in [0.15, 0.2) is 18.2 Å². The van der Waals surface area contributed by atoms with Gasteiger partial charge in [0.1, 0.15) is 5.82 Å². The Morgan fingerprint density at radius 1 is 1.14 bits per heavy atom. The van der Waals surface area contributed by atoms with Crippen molar-refractivity contribution in [2.45, 2.75) is 71.3 Å². The molecule has 4 rings (SSSR count). The van der Waals surface area contributed by atoms with Crippen LogP contribution in [0, 0.1) is 38.4 Å². The van der Waals surface area contributed by atoms with Crippen LogP contribution in [0.2, 0.25) is 0 Å². The summed E-state index contributed by atoms with van der Waals surface area (Å²) in [5, 5.41) is 15.5. The smallest absolute Gasteiger partial charge is 0.294 e. The topological polar surface area (TPSA) is 100 Å². The number of Topliss-reactive ketones (excluding diaryl/α,β-unsaturated/α-hetero) is 1. The van der Waals surface area contributed by atoms with E-state index in [0.717, 1.165) is 32.1 Å². The van der Waals surface area contributed by atoms with E-state index in [2.05, 4.69) is 10.6 Å². The van der Waals surface area contributed by atoms with Crippen LogP contribution in [-0.4, -0.2) is 39.4 Å². The molecule has 2 aliphatic rings. The third kappa shape index (κ3) is 4.96. The number of aromatic nitrogens is 1. The molecule has 2 aliphatic carbocycles. The highest BCUT2D eigenvalue weighted by atomic mass is 19.1. The van der Waals surface area contributed by atoms with Gasteiger partial charge in [-0.25, -0.2) is 4.39 Å². The molecule has 3 N–H and O–H groups in total. The molecular formula is C28H36FN3O4. The summed E-state index contributed by atoms with van der Waals surface area (Å²) < 4.78 is 15.2. The Kier molecular flexibility index (Phi) is 7.36. The maximum Gasteiger partial charge on any atom is 0.294 e. The molecule has 2 atom stereocenters. The fourth-order valence-corrected chi connectivity index (χ4v) is 6.50. The summed E-state index contributed by atoms with van der Waals surface area (Å²) in [5.74, 6) is -1.17. The van der Waals surface area contributed by atoms with Crippen LogP contribution < -0.4 is 10.6 Å². The maximum atomic E-state index is 13.6. The molecule has 8 heteroatoms. The number of hydrogen-bond donors (Lipinski definition) is 3. The molecule has 1 aromatic carbocycles. The van der Waals surface area contributed by atoms with Crippen LogP contribution in [0.4, 0.5) is 10.1 Å². The number of anilines is 1. The number of halogens is 1. The molecule has 2 aromatic rings. The largest absolute Gasteiger partial charge is 0.396 e. The number of rotatable bonds is 7. The average Bonchev–Trinajstić information content (AvgIpc) is 3.03. The van der Waals surface area contributed by atoms with E-state index in [-0.39, 0.29) is 18.1 Å². The Bertz CT molecular complexity index is 1190. The van der Waals surface area contributed by atoms with Crippen molar-refractivity contribution in [2.24, 2.45) is 18.9 Å². The van der Waals surface area contributed by atoms with Crippen LogP contribution in [0.5, 0.6) is 0 Å². The van der Waals surface area contributed by atoms with Gasteiger partial charge in [0.2, 0.25) is 0 Å². The van der Waals surface area contributed by atoms with Crippen LogP contribution in [0.1, 0.15) is 82.6 Å². The lowest BCUT2D eigenvalue weighted by atomic mass is 9.63. The molecule has 194 valence electrons. The van der Waals surface area contributed by atoms with Crippen molar-refractivity contribution in [1.29, 1.82) is 0 Å². The van der Waals surface area contributed by atoms with E-state index in [4.69, 9.17) is 0 Å². The zero-order valence-electron chi connectivity index (χ0n) is 21.5. The highest BCUT2D eigenvalue weighted by Crippen LogP contribution is 2.45.